The normalized spacial score (nSPS) is 13.5. The molecule has 0 aliphatic carbocycles. The Labute approximate surface area is 134 Å². The van der Waals surface area contributed by atoms with Gasteiger partial charge in [0.1, 0.15) is 6.61 Å². The summed E-state index contributed by atoms with van der Waals surface area (Å²) in [5.74, 6) is 0.934. The van der Waals surface area contributed by atoms with Gasteiger partial charge in [-0.2, -0.15) is 0 Å². The maximum absolute atomic E-state index is 12.2. The van der Waals surface area contributed by atoms with E-state index in [-0.39, 0.29) is 12.0 Å². The summed E-state index contributed by atoms with van der Waals surface area (Å²) in [6, 6.07) is 3.14. The largest absolute Gasteiger partial charge is 0.493 e. The minimum absolute atomic E-state index is 0.295. The maximum atomic E-state index is 12.2. The van der Waals surface area contributed by atoms with Crippen molar-refractivity contribution in [3.63, 3.8) is 0 Å². The van der Waals surface area contributed by atoms with Gasteiger partial charge in [-0.25, -0.2) is 4.79 Å². The van der Waals surface area contributed by atoms with Gasteiger partial charge in [-0.15, -0.1) is 0 Å². The molecule has 1 heterocycles. The minimum atomic E-state index is -0.355. The lowest BCUT2D eigenvalue weighted by Gasteiger charge is -2.15. The van der Waals surface area contributed by atoms with Crippen molar-refractivity contribution in [2.45, 2.75) is 0 Å². The van der Waals surface area contributed by atoms with Crippen molar-refractivity contribution in [1.82, 2.24) is 10.2 Å². The number of carbonyl (C=O) groups excluding carboxylic acids is 2. The first-order chi connectivity index (χ1) is 11.1. The Morgan fingerprint density at radius 1 is 1.22 bits per heavy atom. The van der Waals surface area contributed by atoms with Crippen LogP contribution in [-0.4, -0.2) is 64.5 Å². The molecule has 2 rings (SSSR count). The summed E-state index contributed by atoms with van der Waals surface area (Å²) in [5.41, 5.74) is 0.378. The Bertz CT molecular complexity index is 564. The standard InChI is InChI=1S/C15H20N2O6/c1-20-11-8-10(9-12(21-2)13(11)22-3)14(18)16-4-5-17-6-7-23-15(17)19/h8-9H,4-7H2,1-3H3,(H,16,18). The summed E-state index contributed by atoms with van der Waals surface area (Å²) in [6.07, 6.45) is -0.355. The van der Waals surface area contributed by atoms with Crippen LogP contribution in [0.4, 0.5) is 4.79 Å². The summed E-state index contributed by atoms with van der Waals surface area (Å²) in [5, 5.41) is 2.75. The molecule has 1 aliphatic rings. The predicted molar refractivity (Wildman–Crippen MR) is 81.4 cm³/mol. The van der Waals surface area contributed by atoms with E-state index in [0.29, 0.717) is 49.1 Å². The molecule has 0 saturated carbocycles. The second-order valence-corrected chi connectivity index (χ2v) is 4.77. The third kappa shape index (κ3) is 3.77. The van der Waals surface area contributed by atoms with E-state index >= 15 is 0 Å². The highest BCUT2D eigenvalue weighted by Crippen LogP contribution is 2.38. The van der Waals surface area contributed by atoms with Gasteiger partial charge in [0.15, 0.2) is 11.5 Å². The molecule has 0 unspecified atom stereocenters. The number of methoxy groups -OCH3 is 3. The van der Waals surface area contributed by atoms with Crippen molar-refractivity contribution in [3.8, 4) is 17.2 Å². The van der Waals surface area contributed by atoms with E-state index in [1.807, 2.05) is 0 Å². The zero-order chi connectivity index (χ0) is 16.8. The summed E-state index contributed by atoms with van der Waals surface area (Å²) in [7, 11) is 4.46. The molecule has 0 bridgehead atoms. The van der Waals surface area contributed by atoms with E-state index in [1.165, 1.54) is 26.2 Å². The van der Waals surface area contributed by atoms with Gasteiger partial charge in [0, 0.05) is 18.7 Å². The molecular weight excluding hydrogens is 304 g/mol. The Kier molecular flexibility index (Phi) is 5.51. The fraction of sp³-hybridized carbons (Fsp3) is 0.467. The van der Waals surface area contributed by atoms with Gasteiger partial charge in [-0.05, 0) is 12.1 Å². The van der Waals surface area contributed by atoms with Gasteiger partial charge < -0.3 is 29.2 Å². The zero-order valence-electron chi connectivity index (χ0n) is 13.4. The summed E-state index contributed by atoms with van der Waals surface area (Å²) in [6.45, 7) is 1.65. The van der Waals surface area contributed by atoms with Crippen LogP contribution in [0.5, 0.6) is 17.2 Å². The molecule has 1 aliphatic heterocycles. The van der Waals surface area contributed by atoms with Crippen molar-refractivity contribution < 1.29 is 28.5 Å². The molecule has 23 heavy (non-hydrogen) atoms. The summed E-state index contributed by atoms with van der Waals surface area (Å²) < 4.78 is 20.5. The Balaban J connectivity index is 2.02. The first kappa shape index (κ1) is 16.7. The average molecular weight is 324 g/mol. The molecule has 0 aromatic heterocycles. The van der Waals surface area contributed by atoms with Crippen LogP contribution in [0.2, 0.25) is 0 Å². The topological polar surface area (TPSA) is 86.3 Å². The van der Waals surface area contributed by atoms with Crippen LogP contribution in [0, 0.1) is 0 Å². The van der Waals surface area contributed by atoms with E-state index in [1.54, 1.807) is 12.1 Å². The molecule has 0 atom stereocenters. The summed E-state index contributed by atoms with van der Waals surface area (Å²) >= 11 is 0. The number of rotatable bonds is 7. The van der Waals surface area contributed by atoms with Crippen molar-refractivity contribution in [2.75, 3.05) is 47.6 Å². The lowest BCUT2D eigenvalue weighted by atomic mass is 10.1. The van der Waals surface area contributed by atoms with E-state index in [2.05, 4.69) is 5.32 Å². The zero-order valence-corrected chi connectivity index (χ0v) is 13.4. The highest BCUT2D eigenvalue weighted by molar-refractivity contribution is 5.95. The van der Waals surface area contributed by atoms with Gasteiger partial charge in [-0.3, -0.25) is 4.79 Å². The molecular formula is C15H20N2O6. The first-order valence-corrected chi connectivity index (χ1v) is 7.10. The number of nitrogens with zero attached hydrogens (tertiary/aromatic N) is 1. The number of carbonyl (C=O) groups is 2. The highest BCUT2D eigenvalue weighted by atomic mass is 16.6. The molecule has 1 aromatic rings. The third-order valence-corrected chi connectivity index (χ3v) is 3.44. The number of amides is 2. The van der Waals surface area contributed by atoms with Gasteiger partial charge in [0.2, 0.25) is 5.75 Å². The highest BCUT2D eigenvalue weighted by Gasteiger charge is 2.22. The summed E-state index contributed by atoms with van der Waals surface area (Å²) in [4.78, 5) is 25.1. The number of hydrogen-bond acceptors (Lipinski definition) is 6. The Morgan fingerprint density at radius 3 is 2.35 bits per heavy atom. The second kappa shape index (κ2) is 7.57. The lowest BCUT2D eigenvalue weighted by Crippen LogP contribution is -2.35. The molecule has 126 valence electrons. The molecule has 8 nitrogen and oxygen atoms in total. The Hall–Kier alpha value is -2.64. The van der Waals surface area contributed by atoms with Crippen LogP contribution in [0.25, 0.3) is 0 Å². The van der Waals surface area contributed by atoms with Crippen LogP contribution < -0.4 is 19.5 Å². The monoisotopic (exact) mass is 324 g/mol. The SMILES string of the molecule is COc1cc(C(=O)NCCN2CCOC2=O)cc(OC)c1OC. The van der Waals surface area contributed by atoms with Crippen LogP contribution >= 0.6 is 0 Å². The molecule has 2 amide bonds. The molecule has 1 fully saturated rings. The van der Waals surface area contributed by atoms with E-state index in [4.69, 9.17) is 18.9 Å². The first-order valence-electron chi connectivity index (χ1n) is 7.10. The fourth-order valence-corrected chi connectivity index (χ4v) is 2.25. The van der Waals surface area contributed by atoms with Crippen LogP contribution in [0.3, 0.4) is 0 Å². The van der Waals surface area contributed by atoms with E-state index < -0.39 is 0 Å². The predicted octanol–water partition coefficient (Wildman–Crippen LogP) is 0.894. The van der Waals surface area contributed by atoms with Gasteiger partial charge in [0.25, 0.3) is 5.91 Å². The number of hydrogen-bond donors (Lipinski definition) is 1. The molecule has 1 aromatic carbocycles. The van der Waals surface area contributed by atoms with Crippen molar-refractivity contribution >= 4 is 12.0 Å². The molecule has 1 N–H and O–H groups in total. The van der Waals surface area contributed by atoms with Crippen molar-refractivity contribution in [2.24, 2.45) is 0 Å². The quantitative estimate of drug-likeness (QED) is 0.802. The molecule has 0 radical (unpaired) electrons. The van der Waals surface area contributed by atoms with Crippen molar-refractivity contribution in [1.29, 1.82) is 0 Å². The Morgan fingerprint density at radius 2 is 1.87 bits per heavy atom. The van der Waals surface area contributed by atoms with Gasteiger partial charge >= 0.3 is 6.09 Å². The third-order valence-electron chi connectivity index (χ3n) is 3.44. The van der Waals surface area contributed by atoms with Gasteiger partial charge in [0.05, 0.1) is 27.9 Å². The average Bonchev–Trinajstić information content (AvgIpc) is 2.98. The van der Waals surface area contributed by atoms with Crippen molar-refractivity contribution in [3.05, 3.63) is 17.7 Å². The van der Waals surface area contributed by atoms with E-state index in [9.17, 15) is 9.59 Å². The maximum Gasteiger partial charge on any atom is 0.409 e. The number of ether oxygens (including phenoxy) is 4. The van der Waals surface area contributed by atoms with Crippen LogP contribution in [0.15, 0.2) is 12.1 Å². The van der Waals surface area contributed by atoms with Crippen LogP contribution in [-0.2, 0) is 4.74 Å². The minimum Gasteiger partial charge on any atom is -0.493 e. The number of benzene rings is 1. The molecule has 0 spiro atoms. The fourth-order valence-electron chi connectivity index (χ4n) is 2.25. The number of nitrogens with one attached hydrogen (secondary N) is 1. The molecule has 8 heteroatoms. The molecule has 1 saturated heterocycles. The smallest absolute Gasteiger partial charge is 0.409 e. The van der Waals surface area contributed by atoms with E-state index in [0.717, 1.165) is 0 Å². The van der Waals surface area contributed by atoms with Gasteiger partial charge in [-0.1, -0.05) is 0 Å². The van der Waals surface area contributed by atoms with Crippen LogP contribution in [0.1, 0.15) is 10.4 Å². The number of cyclic esters (lactones) is 1. The second-order valence-electron chi connectivity index (χ2n) is 4.77. The lowest BCUT2D eigenvalue weighted by molar-refractivity contribution is 0.0948.